The number of nitrogens with one attached hydrogen (secondary N) is 1. The number of carbonyl (C=O) groups is 2. The number of hydrogen-bond donors (Lipinski definition) is 2. The number of likely N-dealkylation sites (tertiary alicyclic amines) is 1. The number of rotatable bonds is 5. The minimum Gasteiger partial charge on any atom is -0.481 e. The number of hydrogen-bond acceptors (Lipinski definition) is 3. The van der Waals surface area contributed by atoms with Crippen LogP contribution in [0.15, 0.2) is 0 Å². The van der Waals surface area contributed by atoms with Crippen molar-refractivity contribution in [2.75, 3.05) is 19.6 Å². The lowest BCUT2D eigenvalue weighted by atomic mass is 10.0. The number of carboxylic acid groups (broad SMARTS) is 1. The Morgan fingerprint density at radius 2 is 2.00 bits per heavy atom. The second-order valence-electron chi connectivity index (χ2n) is 4.31. The summed E-state index contributed by atoms with van der Waals surface area (Å²) >= 11 is 0. The Labute approximate surface area is 88.4 Å². The topological polar surface area (TPSA) is 69.6 Å². The molecule has 2 N–H and O–H groups in total. The van der Waals surface area contributed by atoms with Gasteiger partial charge in [-0.2, -0.15) is 0 Å². The summed E-state index contributed by atoms with van der Waals surface area (Å²) in [6, 6.07) is 0.626. The maximum Gasteiger partial charge on any atom is 0.310 e. The first-order valence-corrected chi connectivity index (χ1v) is 5.41. The third-order valence-electron chi connectivity index (χ3n) is 2.93. The molecule has 2 aliphatic rings. The Morgan fingerprint density at radius 3 is 2.53 bits per heavy atom. The molecule has 1 heterocycles. The quantitative estimate of drug-likeness (QED) is 0.655. The van der Waals surface area contributed by atoms with Crippen molar-refractivity contribution in [1.82, 2.24) is 10.2 Å². The molecule has 0 aromatic carbocycles. The summed E-state index contributed by atoms with van der Waals surface area (Å²) in [7, 11) is 0. The highest BCUT2D eigenvalue weighted by molar-refractivity contribution is 5.81. The van der Waals surface area contributed by atoms with Gasteiger partial charge in [-0.15, -0.1) is 0 Å². The zero-order valence-electron chi connectivity index (χ0n) is 8.61. The molecule has 2 fully saturated rings. The normalized spacial score (nSPS) is 21.2. The van der Waals surface area contributed by atoms with Crippen LogP contribution in [-0.4, -0.2) is 47.6 Å². The fourth-order valence-corrected chi connectivity index (χ4v) is 1.67. The van der Waals surface area contributed by atoms with Gasteiger partial charge in [-0.1, -0.05) is 0 Å². The van der Waals surface area contributed by atoms with Gasteiger partial charge in [0.2, 0.25) is 5.91 Å². The van der Waals surface area contributed by atoms with Gasteiger partial charge < -0.3 is 15.3 Å². The van der Waals surface area contributed by atoms with Crippen LogP contribution >= 0.6 is 0 Å². The average Bonchev–Trinajstić information content (AvgIpc) is 2.84. The van der Waals surface area contributed by atoms with Gasteiger partial charge in [-0.05, 0) is 12.8 Å². The summed E-state index contributed by atoms with van der Waals surface area (Å²) in [5.41, 5.74) is 0. The first-order chi connectivity index (χ1) is 7.16. The fourth-order valence-electron chi connectivity index (χ4n) is 1.67. The summed E-state index contributed by atoms with van der Waals surface area (Å²) in [4.78, 5) is 23.6. The molecular weight excluding hydrogens is 196 g/mol. The minimum absolute atomic E-state index is 0.0700. The fraction of sp³-hybridized carbons (Fsp3) is 0.800. The van der Waals surface area contributed by atoms with Crippen molar-refractivity contribution in [1.29, 1.82) is 0 Å². The Morgan fingerprint density at radius 1 is 1.33 bits per heavy atom. The molecule has 15 heavy (non-hydrogen) atoms. The highest BCUT2D eigenvalue weighted by Gasteiger charge is 2.35. The number of carboxylic acids is 1. The van der Waals surface area contributed by atoms with Crippen LogP contribution in [-0.2, 0) is 9.59 Å². The monoisotopic (exact) mass is 212 g/mol. The van der Waals surface area contributed by atoms with E-state index in [0.29, 0.717) is 25.6 Å². The molecular formula is C10H16N2O3. The van der Waals surface area contributed by atoms with E-state index in [-0.39, 0.29) is 11.8 Å². The second kappa shape index (κ2) is 4.18. The second-order valence-corrected chi connectivity index (χ2v) is 4.31. The molecule has 0 spiro atoms. The lowest BCUT2D eigenvalue weighted by molar-refractivity contribution is -0.152. The van der Waals surface area contributed by atoms with E-state index < -0.39 is 5.97 Å². The molecule has 1 saturated heterocycles. The van der Waals surface area contributed by atoms with Gasteiger partial charge in [0.25, 0.3) is 0 Å². The summed E-state index contributed by atoms with van der Waals surface area (Å²) in [6.07, 6.45) is 2.93. The van der Waals surface area contributed by atoms with Crippen LogP contribution in [0.5, 0.6) is 0 Å². The largest absolute Gasteiger partial charge is 0.481 e. The van der Waals surface area contributed by atoms with Gasteiger partial charge in [0.05, 0.1) is 5.92 Å². The van der Waals surface area contributed by atoms with E-state index in [2.05, 4.69) is 5.32 Å². The third-order valence-corrected chi connectivity index (χ3v) is 2.93. The van der Waals surface area contributed by atoms with Crippen LogP contribution in [0.2, 0.25) is 0 Å². The molecule has 2 rings (SSSR count). The van der Waals surface area contributed by atoms with Gasteiger partial charge in [0.15, 0.2) is 0 Å². The molecule has 0 radical (unpaired) electrons. The molecule has 0 bridgehead atoms. The van der Waals surface area contributed by atoms with E-state index in [1.165, 1.54) is 12.8 Å². The van der Waals surface area contributed by atoms with Crippen LogP contribution in [0.25, 0.3) is 0 Å². The Kier molecular flexibility index (Phi) is 2.90. The van der Waals surface area contributed by atoms with Gasteiger partial charge >= 0.3 is 5.97 Å². The van der Waals surface area contributed by atoms with Crippen LogP contribution in [0.3, 0.4) is 0 Å². The molecule has 5 nitrogen and oxygen atoms in total. The Balaban J connectivity index is 1.58. The van der Waals surface area contributed by atoms with Gasteiger partial charge in [-0.3, -0.25) is 9.59 Å². The van der Waals surface area contributed by atoms with Crippen molar-refractivity contribution in [3.05, 3.63) is 0 Å². The van der Waals surface area contributed by atoms with Gasteiger partial charge in [-0.25, -0.2) is 0 Å². The van der Waals surface area contributed by atoms with E-state index >= 15 is 0 Å². The molecule has 84 valence electrons. The van der Waals surface area contributed by atoms with E-state index in [1.54, 1.807) is 4.90 Å². The highest BCUT2D eigenvalue weighted by Crippen LogP contribution is 2.19. The average molecular weight is 212 g/mol. The van der Waals surface area contributed by atoms with Crippen molar-refractivity contribution >= 4 is 11.9 Å². The van der Waals surface area contributed by atoms with E-state index in [1.807, 2.05) is 0 Å². The molecule has 1 amide bonds. The predicted octanol–water partition coefficient (Wildman–Crippen LogP) is -0.329. The van der Waals surface area contributed by atoms with Crippen LogP contribution in [0.1, 0.15) is 19.3 Å². The molecule has 1 aliphatic heterocycles. The molecule has 1 saturated carbocycles. The van der Waals surface area contributed by atoms with E-state index in [0.717, 1.165) is 6.54 Å². The van der Waals surface area contributed by atoms with E-state index in [4.69, 9.17) is 5.11 Å². The molecule has 0 aromatic heterocycles. The van der Waals surface area contributed by atoms with Gasteiger partial charge in [0.1, 0.15) is 0 Å². The summed E-state index contributed by atoms with van der Waals surface area (Å²) in [5, 5.41) is 11.9. The van der Waals surface area contributed by atoms with E-state index in [9.17, 15) is 9.59 Å². The smallest absolute Gasteiger partial charge is 0.310 e. The number of nitrogens with zero attached hydrogens (tertiary/aromatic N) is 1. The summed E-state index contributed by atoms with van der Waals surface area (Å²) in [5.74, 6) is -1.07. The van der Waals surface area contributed by atoms with Gasteiger partial charge in [0, 0.05) is 32.1 Å². The molecule has 0 atom stereocenters. The first kappa shape index (κ1) is 10.4. The zero-order chi connectivity index (χ0) is 10.8. The van der Waals surface area contributed by atoms with Crippen molar-refractivity contribution in [3.63, 3.8) is 0 Å². The lowest BCUT2D eigenvalue weighted by Gasteiger charge is -2.36. The maximum absolute atomic E-state index is 11.5. The number of carbonyl (C=O) groups excluding carboxylic acids is 1. The highest BCUT2D eigenvalue weighted by atomic mass is 16.4. The minimum atomic E-state index is -0.796. The third kappa shape index (κ3) is 2.68. The Bertz CT molecular complexity index is 270. The van der Waals surface area contributed by atoms with Crippen LogP contribution in [0, 0.1) is 5.92 Å². The standard InChI is InChI=1S/C10H16N2O3/c13-9(3-4-11-8-1-2-8)12-5-7(6-12)10(14)15/h7-8,11H,1-6H2,(H,14,15). The SMILES string of the molecule is O=C(O)C1CN(C(=O)CCNC2CC2)C1. The summed E-state index contributed by atoms with van der Waals surface area (Å²) in [6.45, 7) is 1.49. The predicted molar refractivity (Wildman–Crippen MR) is 53.3 cm³/mol. The number of amides is 1. The number of aliphatic carboxylic acids is 1. The maximum atomic E-state index is 11.5. The molecule has 1 aliphatic carbocycles. The molecule has 5 heteroatoms. The van der Waals surface area contributed by atoms with Crippen LogP contribution in [0.4, 0.5) is 0 Å². The van der Waals surface area contributed by atoms with Crippen molar-refractivity contribution < 1.29 is 14.7 Å². The Hall–Kier alpha value is -1.10. The molecule has 0 aromatic rings. The van der Waals surface area contributed by atoms with Crippen molar-refractivity contribution in [2.24, 2.45) is 5.92 Å². The zero-order valence-corrected chi connectivity index (χ0v) is 8.61. The van der Waals surface area contributed by atoms with Crippen molar-refractivity contribution in [3.8, 4) is 0 Å². The van der Waals surface area contributed by atoms with Crippen LogP contribution < -0.4 is 5.32 Å². The summed E-state index contributed by atoms with van der Waals surface area (Å²) < 4.78 is 0. The van der Waals surface area contributed by atoms with Crippen molar-refractivity contribution in [2.45, 2.75) is 25.3 Å². The first-order valence-electron chi connectivity index (χ1n) is 5.41. The lowest BCUT2D eigenvalue weighted by Crippen LogP contribution is -2.53. The molecule has 0 unspecified atom stereocenters.